The number of hydrogen-bond acceptors (Lipinski definition) is 5. The predicted octanol–water partition coefficient (Wildman–Crippen LogP) is -1.06. The highest BCUT2D eigenvalue weighted by Crippen LogP contribution is 2.33. The standard InChI is InChI=1S/C14H23N5O5/c15-12(16)17-5-1-2-10(20)18-6-3-14(4-7-18)9-19(8-11(21)22)13(23)24-14/h1-9H2,(H,21,22)(H4,15,16,17). The van der Waals surface area contributed by atoms with Crippen LogP contribution in [0.4, 0.5) is 4.79 Å². The summed E-state index contributed by atoms with van der Waals surface area (Å²) in [4.78, 5) is 41.4. The zero-order valence-electron chi connectivity index (χ0n) is 13.4. The van der Waals surface area contributed by atoms with Crippen LogP contribution in [0.5, 0.6) is 0 Å². The second-order valence-corrected chi connectivity index (χ2v) is 6.09. The molecule has 2 heterocycles. The molecule has 0 aromatic heterocycles. The molecule has 2 rings (SSSR count). The first-order valence-corrected chi connectivity index (χ1v) is 7.84. The van der Waals surface area contributed by atoms with Crippen molar-refractivity contribution < 1.29 is 24.2 Å². The monoisotopic (exact) mass is 341 g/mol. The molecule has 2 fully saturated rings. The Labute approximate surface area is 139 Å². The lowest BCUT2D eigenvalue weighted by atomic mass is 9.91. The van der Waals surface area contributed by atoms with E-state index < -0.39 is 17.7 Å². The van der Waals surface area contributed by atoms with E-state index in [9.17, 15) is 14.4 Å². The van der Waals surface area contributed by atoms with E-state index in [-0.39, 0.29) is 25.0 Å². The topological polar surface area (TPSA) is 152 Å². The van der Waals surface area contributed by atoms with Gasteiger partial charge in [0.05, 0.1) is 6.54 Å². The number of likely N-dealkylation sites (tertiary alicyclic amines) is 1. The number of carboxylic acid groups (broad SMARTS) is 1. The molecule has 0 unspecified atom stereocenters. The number of carbonyl (C=O) groups excluding carboxylic acids is 2. The van der Waals surface area contributed by atoms with Gasteiger partial charge in [0.25, 0.3) is 0 Å². The van der Waals surface area contributed by atoms with Gasteiger partial charge in [0, 0.05) is 38.9 Å². The van der Waals surface area contributed by atoms with Crippen LogP contribution in [0.3, 0.4) is 0 Å². The van der Waals surface area contributed by atoms with E-state index in [0.717, 1.165) is 0 Å². The molecule has 2 saturated heterocycles. The second-order valence-electron chi connectivity index (χ2n) is 6.09. The molecule has 0 bridgehead atoms. The molecule has 1 spiro atoms. The molecule has 2 amide bonds. The Morgan fingerprint density at radius 1 is 1.29 bits per heavy atom. The van der Waals surface area contributed by atoms with Crippen LogP contribution in [-0.4, -0.2) is 77.2 Å². The Morgan fingerprint density at radius 2 is 1.96 bits per heavy atom. The van der Waals surface area contributed by atoms with E-state index in [0.29, 0.717) is 45.3 Å². The molecule has 10 heteroatoms. The number of hydrogen-bond donors (Lipinski definition) is 3. The quantitative estimate of drug-likeness (QED) is 0.316. The first-order chi connectivity index (χ1) is 11.3. The van der Waals surface area contributed by atoms with Gasteiger partial charge in [-0.3, -0.25) is 19.5 Å². The van der Waals surface area contributed by atoms with Crippen LogP contribution in [0.2, 0.25) is 0 Å². The average molecular weight is 341 g/mol. The highest BCUT2D eigenvalue weighted by atomic mass is 16.6. The van der Waals surface area contributed by atoms with Gasteiger partial charge in [0.2, 0.25) is 5.91 Å². The van der Waals surface area contributed by atoms with Crippen molar-refractivity contribution in [3.05, 3.63) is 0 Å². The number of piperidine rings is 1. The molecule has 0 saturated carbocycles. The van der Waals surface area contributed by atoms with Gasteiger partial charge in [0.1, 0.15) is 12.1 Å². The maximum atomic E-state index is 12.1. The van der Waals surface area contributed by atoms with E-state index in [1.807, 2.05) is 0 Å². The Hall–Kier alpha value is -2.52. The van der Waals surface area contributed by atoms with Crippen LogP contribution in [0, 0.1) is 0 Å². The van der Waals surface area contributed by atoms with Crippen LogP contribution in [0.25, 0.3) is 0 Å². The summed E-state index contributed by atoms with van der Waals surface area (Å²) in [6.07, 6.45) is 1.34. The van der Waals surface area contributed by atoms with Crippen molar-refractivity contribution in [2.75, 3.05) is 32.7 Å². The fourth-order valence-corrected chi connectivity index (χ4v) is 3.00. The first kappa shape index (κ1) is 17.8. The molecular formula is C14H23N5O5. The molecule has 24 heavy (non-hydrogen) atoms. The Bertz CT molecular complexity index is 538. The van der Waals surface area contributed by atoms with Gasteiger partial charge in [-0.15, -0.1) is 0 Å². The maximum absolute atomic E-state index is 12.1. The molecule has 10 nitrogen and oxygen atoms in total. The van der Waals surface area contributed by atoms with Crippen molar-refractivity contribution in [3.63, 3.8) is 0 Å². The third-order valence-corrected chi connectivity index (χ3v) is 4.24. The zero-order chi connectivity index (χ0) is 17.7. The third kappa shape index (κ3) is 4.49. The number of ether oxygens (including phenoxy) is 1. The summed E-state index contributed by atoms with van der Waals surface area (Å²) in [6.45, 7) is 1.26. The van der Waals surface area contributed by atoms with Gasteiger partial charge >= 0.3 is 12.1 Å². The lowest BCUT2D eigenvalue weighted by Gasteiger charge is -2.37. The van der Waals surface area contributed by atoms with E-state index in [1.165, 1.54) is 4.90 Å². The minimum absolute atomic E-state index is 0.0105. The van der Waals surface area contributed by atoms with Crippen molar-refractivity contribution in [1.82, 2.24) is 9.80 Å². The summed E-state index contributed by atoms with van der Waals surface area (Å²) < 4.78 is 5.40. The number of amides is 2. The molecule has 2 aliphatic heterocycles. The summed E-state index contributed by atoms with van der Waals surface area (Å²) in [6, 6.07) is 0. The van der Waals surface area contributed by atoms with Gasteiger partial charge < -0.3 is 26.2 Å². The zero-order valence-corrected chi connectivity index (χ0v) is 13.4. The number of nitrogens with two attached hydrogens (primary N) is 2. The number of carbonyl (C=O) groups is 3. The summed E-state index contributed by atoms with van der Waals surface area (Å²) in [5.74, 6) is -1.05. The number of carboxylic acids is 1. The highest BCUT2D eigenvalue weighted by Gasteiger charge is 2.47. The molecule has 2 aliphatic rings. The Balaban J connectivity index is 1.79. The number of aliphatic carboxylic acids is 1. The molecule has 0 aromatic carbocycles. The third-order valence-electron chi connectivity index (χ3n) is 4.24. The van der Waals surface area contributed by atoms with E-state index >= 15 is 0 Å². The maximum Gasteiger partial charge on any atom is 0.411 e. The van der Waals surface area contributed by atoms with Crippen molar-refractivity contribution >= 4 is 23.9 Å². The van der Waals surface area contributed by atoms with Crippen molar-refractivity contribution in [2.45, 2.75) is 31.3 Å². The van der Waals surface area contributed by atoms with Gasteiger partial charge in [-0.05, 0) is 6.42 Å². The summed E-state index contributed by atoms with van der Waals surface area (Å²) >= 11 is 0. The number of nitrogens with zero attached hydrogens (tertiary/aromatic N) is 3. The minimum Gasteiger partial charge on any atom is -0.480 e. The first-order valence-electron chi connectivity index (χ1n) is 7.84. The van der Waals surface area contributed by atoms with E-state index in [1.54, 1.807) is 4.90 Å². The van der Waals surface area contributed by atoms with Gasteiger partial charge in [-0.25, -0.2) is 4.79 Å². The summed E-state index contributed by atoms with van der Waals surface area (Å²) in [5, 5.41) is 8.80. The van der Waals surface area contributed by atoms with E-state index in [2.05, 4.69) is 4.99 Å². The van der Waals surface area contributed by atoms with E-state index in [4.69, 9.17) is 21.3 Å². The molecular weight excluding hydrogens is 318 g/mol. The Morgan fingerprint density at radius 3 is 2.54 bits per heavy atom. The number of rotatable bonds is 6. The van der Waals surface area contributed by atoms with Crippen molar-refractivity contribution in [3.8, 4) is 0 Å². The highest BCUT2D eigenvalue weighted by molar-refractivity contribution is 5.79. The molecule has 134 valence electrons. The van der Waals surface area contributed by atoms with Gasteiger partial charge in [-0.1, -0.05) is 0 Å². The second kappa shape index (κ2) is 7.37. The fraction of sp³-hybridized carbons (Fsp3) is 0.714. The van der Waals surface area contributed by atoms with Crippen LogP contribution < -0.4 is 11.5 Å². The SMILES string of the molecule is NC(N)=NCCCC(=O)N1CCC2(CC1)CN(CC(=O)O)C(=O)O2. The molecule has 5 N–H and O–H groups in total. The lowest BCUT2D eigenvalue weighted by Crippen LogP contribution is -2.49. The number of guanidine groups is 1. The van der Waals surface area contributed by atoms with Crippen molar-refractivity contribution in [1.29, 1.82) is 0 Å². The number of aliphatic imine (C=N–C) groups is 1. The van der Waals surface area contributed by atoms with Crippen LogP contribution >= 0.6 is 0 Å². The lowest BCUT2D eigenvalue weighted by molar-refractivity contribution is -0.137. The summed E-state index contributed by atoms with van der Waals surface area (Å²) in [7, 11) is 0. The minimum atomic E-state index is -1.07. The fourth-order valence-electron chi connectivity index (χ4n) is 3.00. The van der Waals surface area contributed by atoms with Crippen LogP contribution in [0.15, 0.2) is 4.99 Å². The van der Waals surface area contributed by atoms with Crippen molar-refractivity contribution in [2.24, 2.45) is 16.5 Å². The largest absolute Gasteiger partial charge is 0.480 e. The normalized spacial score (nSPS) is 19.2. The molecule has 0 radical (unpaired) electrons. The summed E-state index contributed by atoms with van der Waals surface area (Å²) in [5.41, 5.74) is 9.76. The Kier molecular flexibility index (Phi) is 5.47. The van der Waals surface area contributed by atoms with Gasteiger partial charge in [0.15, 0.2) is 5.96 Å². The van der Waals surface area contributed by atoms with Crippen LogP contribution in [0.1, 0.15) is 25.7 Å². The predicted molar refractivity (Wildman–Crippen MR) is 84.1 cm³/mol. The average Bonchev–Trinajstić information content (AvgIpc) is 2.79. The van der Waals surface area contributed by atoms with Gasteiger partial charge in [-0.2, -0.15) is 0 Å². The molecule has 0 aliphatic carbocycles. The van der Waals surface area contributed by atoms with Crippen LogP contribution in [-0.2, 0) is 14.3 Å². The molecule has 0 atom stereocenters. The smallest absolute Gasteiger partial charge is 0.411 e. The molecule has 0 aromatic rings.